The van der Waals surface area contributed by atoms with Crippen LogP contribution in [0.2, 0.25) is 5.02 Å². The van der Waals surface area contributed by atoms with Gasteiger partial charge >= 0.3 is 0 Å². The van der Waals surface area contributed by atoms with Crippen molar-refractivity contribution in [1.82, 2.24) is 10.6 Å². The second kappa shape index (κ2) is 7.97. The summed E-state index contributed by atoms with van der Waals surface area (Å²) in [6.07, 6.45) is 1.82. The number of nitrogens with one attached hydrogen (secondary N) is 2. The molecule has 1 aromatic rings. The molecule has 0 heterocycles. The minimum Gasteiger partial charge on any atom is -0.389 e. The Hall–Kier alpha value is -1.31. The van der Waals surface area contributed by atoms with Gasteiger partial charge in [0.15, 0.2) is 0 Å². The van der Waals surface area contributed by atoms with Crippen LogP contribution in [0.25, 0.3) is 0 Å². The fourth-order valence-electron chi connectivity index (χ4n) is 3.84. The van der Waals surface area contributed by atoms with Gasteiger partial charge in [0.25, 0.3) is 5.91 Å². The number of amides is 1. The van der Waals surface area contributed by atoms with Crippen LogP contribution in [0.3, 0.4) is 0 Å². The fourth-order valence-corrected chi connectivity index (χ4v) is 4.07. The minimum absolute atomic E-state index is 0.0672. The standard InChI is InChI=1S/C19H24ClF3N2O2/c20-13-7-12(8-14(21)9-13)17(26)25-16-2-1-15(10-16)24-11-18(27)3-5-19(22,23)6-4-18/h7-9,15-16,24,27H,1-6,10-11H2,(H,25,26)/t15-,16-/m0/s1. The molecule has 2 atom stereocenters. The third kappa shape index (κ3) is 5.59. The van der Waals surface area contributed by atoms with Crippen LogP contribution in [0.15, 0.2) is 18.2 Å². The Morgan fingerprint density at radius 3 is 2.48 bits per heavy atom. The van der Waals surface area contributed by atoms with Gasteiger partial charge in [-0.3, -0.25) is 4.79 Å². The van der Waals surface area contributed by atoms with E-state index in [1.165, 1.54) is 6.07 Å². The van der Waals surface area contributed by atoms with E-state index in [1.807, 2.05) is 0 Å². The van der Waals surface area contributed by atoms with E-state index in [0.29, 0.717) is 6.42 Å². The van der Waals surface area contributed by atoms with E-state index in [-0.39, 0.29) is 60.8 Å². The zero-order valence-corrected chi connectivity index (χ0v) is 15.7. The lowest BCUT2D eigenvalue weighted by molar-refractivity contribution is -0.102. The van der Waals surface area contributed by atoms with Crippen LogP contribution in [0.5, 0.6) is 0 Å². The Balaban J connectivity index is 1.45. The first-order valence-electron chi connectivity index (χ1n) is 9.25. The molecular formula is C19H24ClF3N2O2. The number of benzene rings is 1. The molecular weight excluding hydrogens is 381 g/mol. The van der Waals surface area contributed by atoms with E-state index >= 15 is 0 Å². The molecule has 0 radical (unpaired) electrons. The van der Waals surface area contributed by atoms with E-state index in [0.717, 1.165) is 25.0 Å². The minimum atomic E-state index is -2.67. The monoisotopic (exact) mass is 404 g/mol. The summed E-state index contributed by atoms with van der Waals surface area (Å²) in [4.78, 5) is 12.3. The van der Waals surface area contributed by atoms with Gasteiger partial charge in [0.1, 0.15) is 5.82 Å². The molecule has 0 aromatic heterocycles. The molecule has 1 amide bonds. The maximum Gasteiger partial charge on any atom is 0.251 e. The number of aliphatic hydroxyl groups is 1. The molecule has 0 saturated heterocycles. The predicted octanol–water partition coefficient (Wildman–Crippen LogP) is 3.66. The normalized spacial score (nSPS) is 26.7. The van der Waals surface area contributed by atoms with E-state index in [9.17, 15) is 23.1 Å². The van der Waals surface area contributed by atoms with Gasteiger partial charge in [-0.25, -0.2) is 13.2 Å². The van der Waals surface area contributed by atoms with Crippen LogP contribution < -0.4 is 10.6 Å². The molecule has 2 saturated carbocycles. The van der Waals surface area contributed by atoms with Crippen LogP contribution in [0, 0.1) is 5.82 Å². The molecule has 2 aliphatic carbocycles. The molecule has 8 heteroatoms. The summed E-state index contributed by atoms with van der Waals surface area (Å²) in [5, 5.41) is 16.8. The van der Waals surface area contributed by atoms with E-state index in [4.69, 9.17) is 11.6 Å². The highest BCUT2D eigenvalue weighted by Crippen LogP contribution is 2.38. The van der Waals surface area contributed by atoms with Crippen LogP contribution in [-0.4, -0.2) is 41.2 Å². The molecule has 1 aromatic carbocycles. The summed E-state index contributed by atoms with van der Waals surface area (Å²) in [6, 6.07) is 3.72. The molecule has 0 spiro atoms. The zero-order chi connectivity index (χ0) is 19.7. The number of carbonyl (C=O) groups is 1. The summed E-state index contributed by atoms with van der Waals surface area (Å²) in [6.45, 7) is 0.272. The summed E-state index contributed by atoms with van der Waals surface area (Å²) in [5.41, 5.74) is -0.921. The lowest BCUT2D eigenvalue weighted by atomic mass is 9.82. The molecule has 27 heavy (non-hydrogen) atoms. The van der Waals surface area contributed by atoms with Gasteiger partial charge in [-0.15, -0.1) is 0 Å². The average molecular weight is 405 g/mol. The molecule has 3 rings (SSSR count). The van der Waals surface area contributed by atoms with E-state index in [1.54, 1.807) is 0 Å². The van der Waals surface area contributed by atoms with Crippen molar-refractivity contribution in [3.05, 3.63) is 34.6 Å². The number of rotatable bonds is 5. The van der Waals surface area contributed by atoms with Crippen LogP contribution in [0.4, 0.5) is 13.2 Å². The summed E-state index contributed by atoms with van der Waals surface area (Å²) in [7, 11) is 0. The first-order chi connectivity index (χ1) is 12.6. The molecule has 0 aliphatic heterocycles. The van der Waals surface area contributed by atoms with Crippen molar-refractivity contribution >= 4 is 17.5 Å². The Kier molecular flexibility index (Phi) is 6.03. The maximum atomic E-state index is 13.4. The Morgan fingerprint density at radius 1 is 1.15 bits per heavy atom. The van der Waals surface area contributed by atoms with Gasteiger partial charge < -0.3 is 15.7 Å². The molecule has 4 nitrogen and oxygen atoms in total. The van der Waals surface area contributed by atoms with Crippen molar-refractivity contribution in [2.75, 3.05) is 6.54 Å². The van der Waals surface area contributed by atoms with Gasteiger partial charge in [-0.05, 0) is 50.3 Å². The Labute approximate surface area is 161 Å². The van der Waals surface area contributed by atoms with Gasteiger partial charge in [0.2, 0.25) is 5.92 Å². The van der Waals surface area contributed by atoms with Gasteiger partial charge in [-0.2, -0.15) is 0 Å². The van der Waals surface area contributed by atoms with Crippen molar-refractivity contribution in [1.29, 1.82) is 0 Å². The first kappa shape index (κ1) is 20.4. The summed E-state index contributed by atoms with van der Waals surface area (Å²) in [5.74, 6) is -3.62. The Bertz CT molecular complexity index is 671. The fraction of sp³-hybridized carbons (Fsp3) is 0.632. The SMILES string of the molecule is O=C(N[C@H]1CC[C@H](NCC2(O)CCC(F)(F)CC2)C1)c1cc(F)cc(Cl)c1. The predicted molar refractivity (Wildman–Crippen MR) is 96.7 cm³/mol. The number of hydrogen-bond donors (Lipinski definition) is 3. The number of alkyl halides is 2. The van der Waals surface area contributed by atoms with Crippen LogP contribution in [0.1, 0.15) is 55.3 Å². The number of hydrogen-bond acceptors (Lipinski definition) is 3. The molecule has 0 unspecified atom stereocenters. The molecule has 2 fully saturated rings. The number of halogens is 4. The molecule has 0 bridgehead atoms. The highest BCUT2D eigenvalue weighted by Gasteiger charge is 2.42. The zero-order valence-electron chi connectivity index (χ0n) is 14.9. The largest absolute Gasteiger partial charge is 0.389 e. The van der Waals surface area contributed by atoms with Crippen LogP contribution >= 0.6 is 11.6 Å². The van der Waals surface area contributed by atoms with Crippen molar-refractivity contribution in [3.8, 4) is 0 Å². The Morgan fingerprint density at radius 2 is 1.81 bits per heavy atom. The lowest BCUT2D eigenvalue weighted by Gasteiger charge is -2.36. The van der Waals surface area contributed by atoms with Crippen molar-refractivity contribution in [3.63, 3.8) is 0 Å². The molecule has 150 valence electrons. The smallest absolute Gasteiger partial charge is 0.251 e. The third-order valence-electron chi connectivity index (χ3n) is 5.52. The average Bonchev–Trinajstić information content (AvgIpc) is 3.03. The third-order valence-corrected chi connectivity index (χ3v) is 5.74. The number of carbonyl (C=O) groups excluding carboxylic acids is 1. The van der Waals surface area contributed by atoms with Crippen LogP contribution in [-0.2, 0) is 0 Å². The summed E-state index contributed by atoms with van der Waals surface area (Å²) >= 11 is 5.78. The second-order valence-corrected chi connectivity index (χ2v) is 8.24. The highest BCUT2D eigenvalue weighted by atomic mass is 35.5. The lowest BCUT2D eigenvalue weighted by Crippen LogP contribution is -2.48. The molecule has 2 aliphatic rings. The van der Waals surface area contributed by atoms with E-state index < -0.39 is 17.3 Å². The van der Waals surface area contributed by atoms with Gasteiger partial charge in [0.05, 0.1) is 5.60 Å². The van der Waals surface area contributed by atoms with Crippen molar-refractivity contribution < 1.29 is 23.1 Å². The quantitative estimate of drug-likeness (QED) is 0.702. The highest BCUT2D eigenvalue weighted by molar-refractivity contribution is 6.31. The first-order valence-corrected chi connectivity index (χ1v) is 9.63. The van der Waals surface area contributed by atoms with Gasteiger partial charge in [0, 0.05) is 42.1 Å². The molecule has 3 N–H and O–H groups in total. The second-order valence-electron chi connectivity index (χ2n) is 7.80. The summed E-state index contributed by atoms with van der Waals surface area (Å²) < 4.78 is 39.9. The van der Waals surface area contributed by atoms with Crippen molar-refractivity contribution in [2.24, 2.45) is 0 Å². The van der Waals surface area contributed by atoms with E-state index in [2.05, 4.69) is 10.6 Å². The van der Waals surface area contributed by atoms with Crippen molar-refractivity contribution in [2.45, 2.75) is 68.6 Å². The maximum absolute atomic E-state index is 13.4. The van der Waals surface area contributed by atoms with Gasteiger partial charge in [-0.1, -0.05) is 11.6 Å². The topological polar surface area (TPSA) is 61.4 Å².